The Morgan fingerprint density at radius 2 is 0.841 bits per heavy atom. The maximum Gasteiger partial charge on any atom is 0.302 e. The van der Waals surface area contributed by atoms with E-state index in [-0.39, 0.29) is 96.1 Å². The number of hydrogen-bond acceptors (Lipinski definition) is 14. The number of carbonyl (C=O) groups excluding carboxylic acids is 1. The van der Waals surface area contributed by atoms with Crippen molar-refractivity contribution in [1.29, 1.82) is 0 Å². The third-order valence-corrected chi connectivity index (χ3v) is 14.6. The number of aromatic nitrogens is 6. The number of nitrogens with zero attached hydrogens (tertiary/aromatic N) is 6. The number of esters is 1. The molecule has 20 heteroatoms. The highest BCUT2D eigenvalue weighted by molar-refractivity contribution is 5.88. The Labute approximate surface area is 477 Å². The number of fused-ring (bicyclic) bond motifs is 3. The Hall–Kier alpha value is -6.38. The van der Waals surface area contributed by atoms with Crippen LogP contribution >= 0.6 is 0 Å². The second kappa shape index (κ2) is 33.1. The quantitative estimate of drug-likeness (QED) is 0.0243. The number of aryl methyl sites for hydroxylation is 5. The molecule has 82 heavy (non-hydrogen) atoms. The summed E-state index contributed by atoms with van der Waals surface area (Å²) in [5.41, 5.74) is -0.941. The van der Waals surface area contributed by atoms with Crippen LogP contribution in [0.5, 0.6) is 17.6 Å². The van der Waals surface area contributed by atoms with Crippen molar-refractivity contribution in [3.8, 4) is 17.6 Å². The summed E-state index contributed by atoms with van der Waals surface area (Å²) in [4.78, 5) is 52.5. The summed E-state index contributed by atoms with van der Waals surface area (Å²) in [6.45, 7) is 9.76. The van der Waals surface area contributed by atoms with E-state index in [9.17, 15) is 34.5 Å². The highest BCUT2D eigenvalue weighted by Crippen LogP contribution is 2.29. The lowest BCUT2D eigenvalue weighted by atomic mass is 10.0. The van der Waals surface area contributed by atoms with Gasteiger partial charge in [-0.3, -0.25) is 19.2 Å². The van der Waals surface area contributed by atoms with E-state index in [1.807, 2.05) is 6.92 Å². The maximum atomic E-state index is 16.6. The molecular formula is C62H85F3N6O11. The predicted molar refractivity (Wildman–Crippen MR) is 310 cm³/mol. The Morgan fingerprint density at radius 3 is 1.26 bits per heavy atom. The molecule has 0 aliphatic carbocycles. The van der Waals surface area contributed by atoms with Crippen molar-refractivity contribution < 1.29 is 52.2 Å². The van der Waals surface area contributed by atoms with Crippen LogP contribution in [-0.4, -0.2) is 94.9 Å². The van der Waals surface area contributed by atoms with E-state index in [1.54, 1.807) is 51.1 Å². The molecule has 0 aliphatic rings. The van der Waals surface area contributed by atoms with Crippen LogP contribution < -0.4 is 30.9 Å². The molecular weight excluding hydrogens is 1060 g/mol. The zero-order valence-corrected chi connectivity index (χ0v) is 48.6. The van der Waals surface area contributed by atoms with Crippen LogP contribution in [0.2, 0.25) is 0 Å². The van der Waals surface area contributed by atoms with E-state index < -0.39 is 52.4 Å². The highest BCUT2D eigenvalue weighted by atomic mass is 19.1. The Bertz CT molecular complexity index is 3200. The summed E-state index contributed by atoms with van der Waals surface area (Å²) in [5, 5.41) is 43.2. The fourth-order valence-electron chi connectivity index (χ4n) is 10.1. The standard InChI is InChI=1S/C62H85F3N6O11/c1-41(72)23-12-18-37-71-62(78)54-50(59(68-71)81-39-20-14-25-43(3)74)34-32-47(56(54)65)28-11-7-9-17-36-70-61(77)53-49(58(67-70)80-38-19-13-24-42(2)73)33-31-46(55(53)64)27-10-6-8-16-35-69-60(76)52-48(29-22-30-51(52)63)57(66-69)79-40-21-15-26-44(4)82-45(5)75/h22,29-34,41-44,72-74H,6-21,23-28,35-40H2,1-5H3/t41-,42-,43-,44-/m1/s1. The molecule has 6 aromatic rings. The van der Waals surface area contributed by atoms with Crippen molar-refractivity contribution in [2.24, 2.45) is 0 Å². The summed E-state index contributed by atoms with van der Waals surface area (Å²) in [6, 6.07) is 11.0. The van der Waals surface area contributed by atoms with Gasteiger partial charge in [0.15, 0.2) is 0 Å². The van der Waals surface area contributed by atoms with Gasteiger partial charge in [0.2, 0.25) is 17.6 Å². The van der Waals surface area contributed by atoms with Gasteiger partial charge in [-0.1, -0.05) is 43.9 Å². The zero-order chi connectivity index (χ0) is 59.1. The summed E-state index contributed by atoms with van der Waals surface area (Å²) in [5.74, 6) is -1.80. The molecule has 3 aromatic heterocycles. The number of benzene rings is 3. The van der Waals surface area contributed by atoms with Crippen LogP contribution in [0.4, 0.5) is 13.2 Å². The molecule has 0 bridgehead atoms. The van der Waals surface area contributed by atoms with Gasteiger partial charge in [-0.15, -0.1) is 15.3 Å². The minimum Gasteiger partial charge on any atom is -0.476 e. The van der Waals surface area contributed by atoms with Gasteiger partial charge in [0.25, 0.3) is 16.7 Å². The lowest BCUT2D eigenvalue weighted by Gasteiger charge is -2.15. The Balaban J connectivity index is 1.07. The molecule has 0 amide bonds. The molecule has 3 N–H and O–H groups in total. The van der Waals surface area contributed by atoms with Crippen molar-refractivity contribution in [1.82, 2.24) is 29.3 Å². The molecule has 0 fully saturated rings. The van der Waals surface area contributed by atoms with E-state index in [4.69, 9.17) is 18.9 Å². The van der Waals surface area contributed by atoms with E-state index >= 15 is 13.2 Å². The van der Waals surface area contributed by atoms with Gasteiger partial charge in [-0.05, 0) is 179 Å². The topological polar surface area (TPSA) is 219 Å². The second-order valence-electron chi connectivity index (χ2n) is 21.9. The minimum atomic E-state index is -0.668. The number of unbranched alkanes of at least 4 members (excludes halogenated alkanes) is 10. The lowest BCUT2D eigenvalue weighted by molar-refractivity contribution is -0.145. The normalized spacial score (nSPS) is 13.2. The first-order chi connectivity index (χ1) is 39.4. The Kier molecular flexibility index (Phi) is 26.1. The van der Waals surface area contributed by atoms with Gasteiger partial charge < -0.3 is 34.3 Å². The molecule has 6 rings (SSSR count). The van der Waals surface area contributed by atoms with Gasteiger partial charge in [0, 0.05) is 26.6 Å². The molecule has 17 nitrogen and oxygen atoms in total. The van der Waals surface area contributed by atoms with Crippen LogP contribution in [0.15, 0.2) is 56.8 Å². The van der Waals surface area contributed by atoms with Gasteiger partial charge >= 0.3 is 5.97 Å². The van der Waals surface area contributed by atoms with E-state index in [1.165, 1.54) is 33.1 Å². The fraction of sp³-hybridized carbons (Fsp3) is 0.597. The number of halogens is 3. The first-order valence-corrected chi connectivity index (χ1v) is 29.7. The third kappa shape index (κ3) is 19.1. The number of ether oxygens (including phenoxy) is 4. The number of rotatable bonds is 38. The molecule has 0 unspecified atom stereocenters. The predicted octanol–water partition coefficient (Wildman–Crippen LogP) is 10.8. The first kappa shape index (κ1) is 64.8. The third-order valence-electron chi connectivity index (χ3n) is 14.6. The summed E-state index contributed by atoms with van der Waals surface area (Å²) in [7, 11) is 0. The molecule has 0 spiro atoms. The molecule has 450 valence electrons. The van der Waals surface area contributed by atoms with Gasteiger partial charge in [-0.25, -0.2) is 27.2 Å². The zero-order valence-electron chi connectivity index (χ0n) is 48.6. The molecule has 3 aromatic carbocycles. The van der Waals surface area contributed by atoms with Crippen LogP contribution in [0, 0.1) is 17.5 Å². The smallest absolute Gasteiger partial charge is 0.302 e. The second-order valence-corrected chi connectivity index (χ2v) is 21.9. The van der Waals surface area contributed by atoms with Crippen LogP contribution in [0.1, 0.15) is 174 Å². The van der Waals surface area contributed by atoms with Crippen molar-refractivity contribution in [2.45, 2.75) is 220 Å². The molecule has 0 saturated heterocycles. The SMILES string of the molecule is CC(=O)O[C@H](C)CCCCOc1nn(CCCCCCc2ccc3c(OCCCC[C@@H](C)O)nn(CCCCCCc4ccc5c(OCCCC[C@@H](C)O)nn(CCCC[C@@H](C)O)c(=O)c5c4F)c(=O)c3c2F)c(=O)c2c(F)cccc12. The van der Waals surface area contributed by atoms with Crippen molar-refractivity contribution in [3.63, 3.8) is 0 Å². The van der Waals surface area contributed by atoms with Gasteiger partial charge in [-0.2, -0.15) is 0 Å². The average molecular weight is 1150 g/mol. The Morgan fingerprint density at radius 1 is 0.476 bits per heavy atom. The van der Waals surface area contributed by atoms with Crippen LogP contribution in [0.25, 0.3) is 32.3 Å². The minimum absolute atomic E-state index is 0.0837. The number of hydrogen-bond donors (Lipinski definition) is 3. The monoisotopic (exact) mass is 1150 g/mol. The van der Waals surface area contributed by atoms with E-state index in [0.717, 1.165) is 12.8 Å². The molecule has 3 heterocycles. The van der Waals surface area contributed by atoms with Crippen LogP contribution in [-0.2, 0) is 42.0 Å². The highest BCUT2D eigenvalue weighted by Gasteiger charge is 2.22. The van der Waals surface area contributed by atoms with Crippen molar-refractivity contribution in [3.05, 3.63) is 102 Å². The summed E-state index contributed by atoms with van der Waals surface area (Å²) in [6.07, 6.45) is 11.6. The van der Waals surface area contributed by atoms with Crippen molar-refractivity contribution >= 4 is 38.3 Å². The number of aliphatic hydroxyl groups excluding tert-OH is 3. The number of aliphatic hydroxyl groups is 3. The van der Waals surface area contributed by atoms with Gasteiger partial charge in [0.1, 0.15) is 17.5 Å². The lowest BCUT2D eigenvalue weighted by Crippen LogP contribution is -2.25. The molecule has 0 aliphatic heterocycles. The van der Waals surface area contributed by atoms with Crippen molar-refractivity contribution in [2.75, 3.05) is 19.8 Å². The van der Waals surface area contributed by atoms with Crippen LogP contribution in [0.3, 0.4) is 0 Å². The maximum absolute atomic E-state index is 16.6. The fourth-order valence-corrected chi connectivity index (χ4v) is 10.1. The summed E-state index contributed by atoms with van der Waals surface area (Å²) >= 11 is 0. The van der Waals surface area contributed by atoms with E-state index in [0.29, 0.717) is 145 Å². The largest absolute Gasteiger partial charge is 0.476 e. The molecule has 4 atom stereocenters. The first-order valence-electron chi connectivity index (χ1n) is 29.7. The average Bonchev–Trinajstić information content (AvgIpc) is 3.39. The molecule has 0 radical (unpaired) electrons. The molecule has 0 saturated carbocycles. The van der Waals surface area contributed by atoms with Gasteiger partial charge in [0.05, 0.1) is 76.6 Å². The number of carbonyl (C=O) groups is 1. The van der Waals surface area contributed by atoms with E-state index in [2.05, 4.69) is 15.3 Å². The summed E-state index contributed by atoms with van der Waals surface area (Å²) < 4.78 is 75.0.